The van der Waals surface area contributed by atoms with Gasteiger partial charge in [0.15, 0.2) is 0 Å². The second-order valence-electron chi connectivity index (χ2n) is 4.45. The van der Waals surface area contributed by atoms with Crippen LogP contribution in [0.25, 0.3) is 6.08 Å². The Labute approximate surface area is 102 Å². The van der Waals surface area contributed by atoms with Crippen molar-refractivity contribution in [2.24, 2.45) is 5.92 Å². The van der Waals surface area contributed by atoms with Crippen LogP contribution < -0.4 is 5.32 Å². The molecule has 0 aromatic heterocycles. The maximum Gasteiger partial charge on any atom is 0.130 e. The molecule has 0 aliphatic rings. The van der Waals surface area contributed by atoms with Crippen molar-refractivity contribution in [3.05, 3.63) is 41.5 Å². The molecule has 0 heterocycles. The quantitative estimate of drug-likeness (QED) is 0.748. The zero-order chi connectivity index (χ0) is 12.7. The molecular weight excluding hydrogens is 220 g/mol. The standard InChI is InChI=1S/C14H19F2N/c1-11(2)10-17-8-4-3-5-12-9-13(15)6-7-14(12)16/h3,5-7,9,11,17H,4,8,10H2,1-2H3. The highest BCUT2D eigenvalue weighted by Crippen LogP contribution is 2.11. The Balaban J connectivity index is 2.35. The van der Waals surface area contributed by atoms with Crippen molar-refractivity contribution in [2.45, 2.75) is 20.3 Å². The van der Waals surface area contributed by atoms with E-state index in [1.54, 1.807) is 6.08 Å². The van der Waals surface area contributed by atoms with Crippen LogP contribution in [0.3, 0.4) is 0 Å². The highest BCUT2D eigenvalue weighted by atomic mass is 19.1. The molecule has 1 aromatic rings. The lowest BCUT2D eigenvalue weighted by Crippen LogP contribution is -2.20. The fraction of sp³-hybridized carbons (Fsp3) is 0.429. The summed E-state index contributed by atoms with van der Waals surface area (Å²) < 4.78 is 26.1. The molecule has 0 saturated heterocycles. The van der Waals surface area contributed by atoms with Crippen molar-refractivity contribution in [3.8, 4) is 0 Å². The second kappa shape index (κ2) is 7.17. The summed E-state index contributed by atoms with van der Waals surface area (Å²) in [6.07, 6.45) is 4.28. The van der Waals surface area contributed by atoms with Gasteiger partial charge in [-0.15, -0.1) is 0 Å². The van der Waals surface area contributed by atoms with Gasteiger partial charge in [0.2, 0.25) is 0 Å². The zero-order valence-corrected chi connectivity index (χ0v) is 10.3. The summed E-state index contributed by atoms with van der Waals surface area (Å²) >= 11 is 0. The second-order valence-corrected chi connectivity index (χ2v) is 4.45. The minimum absolute atomic E-state index is 0.300. The summed E-state index contributed by atoms with van der Waals surface area (Å²) in [7, 11) is 0. The molecule has 1 N–H and O–H groups in total. The van der Waals surface area contributed by atoms with E-state index in [1.165, 1.54) is 6.07 Å². The predicted molar refractivity (Wildman–Crippen MR) is 67.7 cm³/mol. The van der Waals surface area contributed by atoms with Crippen LogP contribution in [0.1, 0.15) is 25.8 Å². The summed E-state index contributed by atoms with van der Waals surface area (Å²) in [6.45, 7) is 6.11. The van der Waals surface area contributed by atoms with Gasteiger partial charge in [-0.3, -0.25) is 0 Å². The van der Waals surface area contributed by atoms with Gasteiger partial charge in [0.1, 0.15) is 11.6 Å². The molecule has 1 rings (SSSR count). The Bertz CT molecular complexity index is 372. The molecule has 0 aliphatic heterocycles. The van der Waals surface area contributed by atoms with Gasteiger partial charge in [0.05, 0.1) is 0 Å². The molecule has 3 heteroatoms. The van der Waals surface area contributed by atoms with Crippen molar-refractivity contribution < 1.29 is 8.78 Å². The lowest BCUT2D eigenvalue weighted by atomic mass is 10.2. The number of halogens is 2. The van der Waals surface area contributed by atoms with E-state index in [2.05, 4.69) is 19.2 Å². The molecule has 0 atom stereocenters. The summed E-state index contributed by atoms with van der Waals surface area (Å²) in [6, 6.07) is 3.47. The first kappa shape index (κ1) is 13.8. The molecule has 0 unspecified atom stereocenters. The van der Waals surface area contributed by atoms with Gasteiger partial charge in [-0.1, -0.05) is 26.0 Å². The van der Waals surface area contributed by atoms with E-state index >= 15 is 0 Å². The number of nitrogens with one attached hydrogen (secondary N) is 1. The fourth-order valence-corrected chi connectivity index (χ4v) is 1.43. The van der Waals surface area contributed by atoms with Crippen LogP contribution >= 0.6 is 0 Å². The molecule has 94 valence electrons. The minimum atomic E-state index is -0.413. The Morgan fingerprint density at radius 2 is 2.06 bits per heavy atom. The van der Waals surface area contributed by atoms with E-state index in [-0.39, 0.29) is 0 Å². The van der Waals surface area contributed by atoms with Crippen LogP contribution in [-0.2, 0) is 0 Å². The van der Waals surface area contributed by atoms with E-state index in [9.17, 15) is 8.78 Å². The van der Waals surface area contributed by atoms with Crippen LogP contribution in [0.2, 0.25) is 0 Å². The Morgan fingerprint density at radius 3 is 2.76 bits per heavy atom. The van der Waals surface area contributed by atoms with Gasteiger partial charge in [-0.05, 0) is 43.6 Å². The maximum atomic E-state index is 13.2. The number of hydrogen-bond donors (Lipinski definition) is 1. The first-order valence-corrected chi connectivity index (χ1v) is 5.92. The summed E-state index contributed by atoms with van der Waals surface area (Å²) in [5.41, 5.74) is 0.300. The summed E-state index contributed by atoms with van der Waals surface area (Å²) in [5.74, 6) is -0.179. The third kappa shape index (κ3) is 5.59. The van der Waals surface area contributed by atoms with E-state index in [0.717, 1.165) is 31.6 Å². The Morgan fingerprint density at radius 1 is 1.29 bits per heavy atom. The van der Waals surface area contributed by atoms with Crippen LogP contribution in [-0.4, -0.2) is 13.1 Å². The highest BCUT2D eigenvalue weighted by Gasteiger charge is 1.99. The van der Waals surface area contributed by atoms with Crippen molar-refractivity contribution >= 4 is 6.08 Å². The van der Waals surface area contributed by atoms with Gasteiger partial charge < -0.3 is 5.32 Å². The van der Waals surface area contributed by atoms with Crippen molar-refractivity contribution in [1.82, 2.24) is 5.32 Å². The van der Waals surface area contributed by atoms with E-state index in [0.29, 0.717) is 11.5 Å². The monoisotopic (exact) mass is 239 g/mol. The average Bonchev–Trinajstić information content (AvgIpc) is 2.27. The molecule has 0 bridgehead atoms. The van der Waals surface area contributed by atoms with Crippen LogP contribution in [0.5, 0.6) is 0 Å². The fourth-order valence-electron chi connectivity index (χ4n) is 1.43. The molecule has 1 nitrogen and oxygen atoms in total. The van der Waals surface area contributed by atoms with E-state index in [4.69, 9.17) is 0 Å². The highest BCUT2D eigenvalue weighted by molar-refractivity contribution is 5.49. The minimum Gasteiger partial charge on any atom is -0.316 e. The van der Waals surface area contributed by atoms with E-state index < -0.39 is 11.6 Å². The lowest BCUT2D eigenvalue weighted by Gasteiger charge is -2.04. The molecule has 0 spiro atoms. The molecule has 0 saturated carbocycles. The number of rotatable bonds is 6. The average molecular weight is 239 g/mol. The van der Waals surface area contributed by atoms with Crippen LogP contribution in [0.4, 0.5) is 8.78 Å². The van der Waals surface area contributed by atoms with Gasteiger partial charge in [-0.2, -0.15) is 0 Å². The topological polar surface area (TPSA) is 12.0 Å². The molecule has 1 aromatic carbocycles. The Hall–Kier alpha value is -1.22. The maximum absolute atomic E-state index is 13.2. The smallest absolute Gasteiger partial charge is 0.130 e. The first-order chi connectivity index (χ1) is 8.09. The van der Waals surface area contributed by atoms with Crippen LogP contribution in [0, 0.1) is 17.6 Å². The SMILES string of the molecule is CC(C)CNCCC=Cc1cc(F)ccc1F. The van der Waals surface area contributed by atoms with Crippen LogP contribution in [0.15, 0.2) is 24.3 Å². The van der Waals surface area contributed by atoms with Gasteiger partial charge in [-0.25, -0.2) is 8.78 Å². The normalized spacial score (nSPS) is 11.6. The molecule has 0 fully saturated rings. The lowest BCUT2D eigenvalue weighted by molar-refractivity contribution is 0.557. The molecule has 0 radical (unpaired) electrons. The first-order valence-electron chi connectivity index (χ1n) is 5.92. The molecule has 0 amide bonds. The largest absolute Gasteiger partial charge is 0.316 e. The third-order valence-electron chi connectivity index (χ3n) is 2.30. The molecule has 17 heavy (non-hydrogen) atoms. The summed E-state index contributed by atoms with van der Waals surface area (Å²) in [4.78, 5) is 0. The van der Waals surface area contributed by atoms with Gasteiger partial charge in [0.25, 0.3) is 0 Å². The number of benzene rings is 1. The Kier molecular flexibility index (Phi) is 5.84. The summed E-state index contributed by atoms with van der Waals surface area (Å²) in [5, 5.41) is 3.28. The predicted octanol–water partition coefficient (Wildman–Crippen LogP) is 3.61. The van der Waals surface area contributed by atoms with Crippen molar-refractivity contribution in [2.75, 3.05) is 13.1 Å². The number of hydrogen-bond acceptors (Lipinski definition) is 1. The van der Waals surface area contributed by atoms with Gasteiger partial charge >= 0.3 is 0 Å². The molecule has 0 aliphatic carbocycles. The van der Waals surface area contributed by atoms with Crippen molar-refractivity contribution in [3.63, 3.8) is 0 Å². The van der Waals surface area contributed by atoms with E-state index in [1.807, 2.05) is 6.08 Å². The van der Waals surface area contributed by atoms with Gasteiger partial charge in [0, 0.05) is 5.56 Å². The zero-order valence-electron chi connectivity index (χ0n) is 10.3. The third-order valence-corrected chi connectivity index (χ3v) is 2.30. The molecular formula is C14H19F2N. The van der Waals surface area contributed by atoms with Crippen molar-refractivity contribution in [1.29, 1.82) is 0 Å².